The van der Waals surface area contributed by atoms with Crippen molar-refractivity contribution < 1.29 is 9.53 Å². The first-order valence-electron chi connectivity index (χ1n) is 5.73. The third-order valence-corrected chi connectivity index (χ3v) is 4.72. The van der Waals surface area contributed by atoms with Crippen molar-refractivity contribution >= 4 is 38.5 Å². The molecule has 0 radical (unpaired) electrons. The van der Waals surface area contributed by atoms with Gasteiger partial charge in [-0.1, -0.05) is 46.6 Å². The Kier molecular flexibility index (Phi) is 6.47. The summed E-state index contributed by atoms with van der Waals surface area (Å²) in [6, 6.07) is 7.63. The molecule has 0 saturated heterocycles. The summed E-state index contributed by atoms with van der Waals surface area (Å²) in [5.74, 6) is 0.539. The Morgan fingerprint density at radius 3 is 2.72 bits per heavy atom. The van der Waals surface area contributed by atoms with Crippen molar-refractivity contribution in [2.45, 2.75) is 24.9 Å². The number of carbonyl (C=O) groups is 1. The molecule has 2 nitrogen and oxygen atoms in total. The number of carbonyl (C=O) groups excluding carboxylic acids is 1. The van der Waals surface area contributed by atoms with Gasteiger partial charge in [0.1, 0.15) is 5.75 Å². The zero-order valence-electron chi connectivity index (χ0n) is 10.5. The largest absolute Gasteiger partial charge is 0.460 e. The molecule has 1 aromatic carbocycles. The molecule has 0 fully saturated rings. The average Bonchev–Trinajstić information content (AvgIpc) is 2.35. The number of allylic oxidation sites excluding steroid dienone is 2. The molecule has 0 bridgehead atoms. The molecule has 5 heteroatoms. The number of benzene rings is 1. The van der Waals surface area contributed by atoms with Gasteiger partial charge >= 0.3 is 0 Å². The lowest BCUT2D eigenvalue weighted by molar-refractivity contribution is 0.101. The van der Waals surface area contributed by atoms with Gasteiger partial charge in [-0.2, -0.15) is 0 Å². The first-order chi connectivity index (χ1) is 8.54. The molecule has 0 saturated carbocycles. The smallest absolute Gasteiger partial charge is 0.247 e. The van der Waals surface area contributed by atoms with Crippen LogP contribution in [0.1, 0.15) is 24.2 Å². The predicted octanol–water partition coefficient (Wildman–Crippen LogP) is 3.52. The highest BCUT2D eigenvalue weighted by molar-refractivity contribution is 6.50. The Bertz CT molecular complexity index is 444. The quantitative estimate of drug-likeness (QED) is 0.456. The summed E-state index contributed by atoms with van der Waals surface area (Å²) in [6.45, 7) is 4.06. The van der Waals surface area contributed by atoms with Crippen LogP contribution in [-0.4, -0.2) is 20.3 Å². The summed E-state index contributed by atoms with van der Waals surface area (Å²) in [7, 11) is -0.509. The highest BCUT2D eigenvalue weighted by Crippen LogP contribution is 2.23. The van der Waals surface area contributed by atoms with Crippen LogP contribution in [0.5, 0.6) is 5.75 Å². The Morgan fingerprint density at radius 1 is 1.44 bits per heavy atom. The van der Waals surface area contributed by atoms with Gasteiger partial charge in [0.2, 0.25) is 5.02 Å². The topological polar surface area (TPSA) is 26.3 Å². The van der Waals surface area contributed by atoms with Crippen molar-refractivity contribution in [1.29, 1.82) is 0 Å². The van der Waals surface area contributed by atoms with Crippen LogP contribution in [-0.2, 0) is 0 Å². The fraction of sp³-hybridized carbons (Fsp3) is 0.308. The molecule has 0 N–H and O–H groups in total. The summed E-state index contributed by atoms with van der Waals surface area (Å²) in [5, 5.41) is 0.364. The number of para-hydroxylation sites is 1. The van der Waals surface area contributed by atoms with Crippen molar-refractivity contribution in [1.82, 2.24) is 0 Å². The van der Waals surface area contributed by atoms with Crippen LogP contribution in [0.25, 0.3) is 0 Å². The fourth-order valence-electron chi connectivity index (χ4n) is 1.49. The molecule has 0 aliphatic heterocycles. The van der Waals surface area contributed by atoms with Gasteiger partial charge in [-0.3, -0.25) is 4.79 Å². The number of rotatable bonds is 6. The highest BCUT2D eigenvalue weighted by Gasteiger charge is 2.13. The normalized spacial score (nSPS) is 12.4. The van der Waals surface area contributed by atoms with Crippen molar-refractivity contribution in [2.75, 3.05) is 0 Å². The fourth-order valence-corrected chi connectivity index (χ4v) is 2.86. The summed E-state index contributed by atoms with van der Waals surface area (Å²) in [5.41, 5.74) is 0.556. The predicted molar refractivity (Wildman–Crippen MR) is 79.7 cm³/mol. The maximum absolute atomic E-state index is 12.1. The average molecular weight is 303 g/mol. The maximum atomic E-state index is 12.1. The van der Waals surface area contributed by atoms with Gasteiger partial charge in [0.25, 0.3) is 0 Å². The number of halogens is 2. The van der Waals surface area contributed by atoms with E-state index in [0.29, 0.717) is 17.4 Å². The van der Waals surface area contributed by atoms with Crippen molar-refractivity contribution in [3.63, 3.8) is 0 Å². The highest BCUT2D eigenvalue weighted by atomic mass is 35.5. The molecule has 0 amide bonds. The van der Waals surface area contributed by atoms with Gasteiger partial charge in [0.05, 0.1) is 15.1 Å². The molecule has 0 aliphatic carbocycles. The van der Waals surface area contributed by atoms with E-state index < -0.39 is 14.5 Å². The molecule has 1 aromatic rings. The van der Waals surface area contributed by atoms with Gasteiger partial charge in [-0.05, 0) is 26.0 Å². The van der Waals surface area contributed by atoms with E-state index in [9.17, 15) is 4.79 Å². The standard InChI is InChI=1S/C13H16Cl2O2Si/c1-3-9(2)18-8-11(16)10-6-4-5-7-12(10)17-13(14)15/h3-7,13H,8,18H2,1-2H3. The summed E-state index contributed by atoms with van der Waals surface area (Å²) < 4.78 is 5.21. The lowest BCUT2D eigenvalue weighted by atomic mass is 10.1. The van der Waals surface area contributed by atoms with Crippen LogP contribution in [0.2, 0.25) is 6.04 Å². The van der Waals surface area contributed by atoms with Gasteiger partial charge in [-0.25, -0.2) is 0 Å². The third-order valence-electron chi connectivity index (χ3n) is 2.64. The Hall–Kier alpha value is -0.773. The van der Waals surface area contributed by atoms with Crippen LogP contribution in [0.15, 0.2) is 35.5 Å². The Balaban J connectivity index is 2.78. The minimum absolute atomic E-state index is 0.0902. The first kappa shape index (κ1) is 15.3. The molecule has 0 atom stereocenters. The Morgan fingerprint density at radius 2 is 2.11 bits per heavy atom. The number of hydrogen-bond acceptors (Lipinski definition) is 2. The molecule has 1 rings (SSSR count). The summed E-state index contributed by atoms with van der Waals surface area (Å²) in [6.07, 6.45) is 2.06. The van der Waals surface area contributed by atoms with E-state index in [-0.39, 0.29) is 5.78 Å². The zero-order chi connectivity index (χ0) is 13.5. The number of Topliss-reactive ketones (excluding diaryl/α,β-unsaturated/α-hetero) is 1. The van der Waals surface area contributed by atoms with Gasteiger partial charge in [-0.15, -0.1) is 0 Å². The molecule has 0 aromatic heterocycles. The molecule has 0 spiro atoms. The van der Waals surface area contributed by atoms with Gasteiger partial charge < -0.3 is 4.74 Å². The van der Waals surface area contributed by atoms with Gasteiger partial charge in [0.15, 0.2) is 5.78 Å². The molecule has 18 heavy (non-hydrogen) atoms. The summed E-state index contributed by atoms with van der Waals surface area (Å²) in [4.78, 5) is 12.1. The zero-order valence-corrected chi connectivity index (χ0v) is 13.4. The second-order valence-corrected chi connectivity index (χ2v) is 7.06. The van der Waals surface area contributed by atoms with Crippen molar-refractivity contribution in [2.24, 2.45) is 0 Å². The molecular formula is C13H16Cl2O2Si. The first-order valence-corrected chi connectivity index (χ1v) is 8.31. The van der Waals surface area contributed by atoms with Crippen LogP contribution in [0, 0.1) is 0 Å². The van der Waals surface area contributed by atoms with Crippen LogP contribution in [0.3, 0.4) is 0 Å². The number of alkyl halides is 2. The SMILES string of the molecule is CC=C(C)[SiH2]CC(=O)c1ccccc1OC(Cl)Cl. The van der Waals surface area contributed by atoms with E-state index in [4.69, 9.17) is 27.9 Å². The van der Waals surface area contributed by atoms with Gasteiger partial charge in [0, 0.05) is 6.04 Å². The van der Waals surface area contributed by atoms with Crippen LogP contribution < -0.4 is 4.74 Å². The lowest BCUT2D eigenvalue weighted by Crippen LogP contribution is -2.09. The van der Waals surface area contributed by atoms with Crippen LogP contribution in [0.4, 0.5) is 0 Å². The van der Waals surface area contributed by atoms with E-state index in [2.05, 4.69) is 13.0 Å². The molecule has 0 heterocycles. The Labute approximate surface area is 120 Å². The maximum Gasteiger partial charge on any atom is 0.247 e. The van der Waals surface area contributed by atoms with E-state index >= 15 is 0 Å². The molecule has 0 aliphatic rings. The van der Waals surface area contributed by atoms with Crippen LogP contribution >= 0.6 is 23.2 Å². The third kappa shape index (κ3) is 4.84. The van der Waals surface area contributed by atoms with E-state index in [1.165, 1.54) is 5.20 Å². The van der Waals surface area contributed by atoms with E-state index in [0.717, 1.165) is 0 Å². The second-order valence-electron chi connectivity index (χ2n) is 3.93. The molecule has 98 valence electrons. The van der Waals surface area contributed by atoms with E-state index in [1.54, 1.807) is 18.2 Å². The van der Waals surface area contributed by atoms with Crippen molar-refractivity contribution in [3.05, 3.63) is 41.1 Å². The minimum Gasteiger partial charge on any atom is -0.460 e. The second kappa shape index (κ2) is 7.62. The lowest BCUT2D eigenvalue weighted by Gasteiger charge is -2.10. The summed E-state index contributed by atoms with van der Waals surface area (Å²) >= 11 is 11.1. The van der Waals surface area contributed by atoms with E-state index in [1.807, 2.05) is 13.0 Å². The number of hydrogen-bond donors (Lipinski definition) is 0. The molecular weight excluding hydrogens is 287 g/mol. The number of ketones is 1. The monoisotopic (exact) mass is 302 g/mol. The molecule has 0 unspecified atom stereocenters. The van der Waals surface area contributed by atoms with Crippen molar-refractivity contribution in [3.8, 4) is 5.75 Å². The minimum atomic E-state index is -0.964. The number of ether oxygens (including phenoxy) is 1.